The molecule has 0 aromatic heterocycles. The zero-order valence-corrected chi connectivity index (χ0v) is 5.70. The maximum atomic E-state index is 7.73. The molecule has 0 aromatic rings. The summed E-state index contributed by atoms with van der Waals surface area (Å²) in [6, 6.07) is 0. The Morgan fingerprint density at radius 3 is 1.43 bits per heavy atom. The van der Waals surface area contributed by atoms with E-state index in [4.69, 9.17) is 1.34 Å². The van der Waals surface area contributed by atoms with Gasteiger partial charge in [0.05, 0.1) is 0 Å². The van der Waals surface area contributed by atoms with Gasteiger partial charge in [-0.05, 0) is 6.68 Å². The molecule has 0 nitrogen and oxygen atoms in total. The Hall–Kier alpha value is 0.0649. The lowest BCUT2D eigenvalue weighted by atomic mass is 9.44. The molecular weight excluding hydrogens is 82.9 g/mol. The van der Waals surface area contributed by atoms with E-state index in [-0.39, 0.29) is 0 Å². The van der Waals surface area contributed by atoms with Gasteiger partial charge in [0.2, 0.25) is 0 Å². The van der Waals surface area contributed by atoms with Crippen molar-refractivity contribution in [1.82, 2.24) is 0 Å². The van der Waals surface area contributed by atoms with Crippen molar-refractivity contribution in [3.8, 4) is 0 Å². The van der Waals surface area contributed by atoms with E-state index in [9.17, 15) is 0 Å². The molecular formula is C6H16B-. The largest absolute Gasteiger partial charge is 0.222 e. The normalized spacial score (nSPS) is 13.9. The molecule has 0 spiro atoms. The highest BCUT2D eigenvalue weighted by atomic mass is 13.7. The summed E-state index contributed by atoms with van der Waals surface area (Å²) >= 11 is 0. The predicted octanol–water partition coefficient (Wildman–Crippen LogP) is 2.27. The van der Waals surface area contributed by atoms with Gasteiger partial charge in [-0.1, -0.05) is 20.8 Å². The van der Waals surface area contributed by atoms with E-state index in [1.165, 1.54) is 0 Å². The molecule has 0 unspecified atom stereocenters. The molecule has 0 bridgehead atoms. The first-order valence-electron chi connectivity index (χ1n) is 3.92. The maximum Gasteiger partial charge on any atom is -0.0170 e. The molecule has 44 valence electrons. The van der Waals surface area contributed by atoms with Crippen LogP contribution in [0.1, 0.15) is 20.8 Å². The summed E-state index contributed by atoms with van der Waals surface area (Å²) in [5.41, 5.74) is 0. The zero-order valence-electron chi connectivity index (χ0n) is 6.70. The third-order valence-corrected chi connectivity index (χ3v) is 1.73. The minimum absolute atomic E-state index is 0.708. The Morgan fingerprint density at radius 1 is 1.14 bits per heavy atom. The third kappa shape index (κ3) is 2.72. The van der Waals surface area contributed by atoms with Gasteiger partial charge in [0.1, 0.15) is 0 Å². The summed E-state index contributed by atoms with van der Waals surface area (Å²) in [4.78, 5) is 0. The van der Waals surface area contributed by atoms with Gasteiger partial charge in [-0.2, -0.15) is 19.0 Å². The van der Waals surface area contributed by atoms with Crippen LogP contribution in [0.4, 0.5) is 0 Å². The SMILES string of the molecule is [2H][B-](CC)(CC)CC. The van der Waals surface area contributed by atoms with E-state index in [0.717, 1.165) is 19.0 Å². The van der Waals surface area contributed by atoms with E-state index in [1.54, 1.807) is 0 Å². The number of hydrogen-bond acceptors (Lipinski definition) is 0. The summed E-state index contributed by atoms with van der Waals surface area (Å²) in [5.74, 6) is 0. The molecule has 0 aliphatic heterocycles. The molecule has 0 heterocycles. The van der Waals surface area contributed by atoms with E-state index in [1.807, 2.05) is 0 Å². The highest BCUT2D eigenvalue weighted by Crippen LogP contribution is 2.01. The van der Waals surface area contributed by atoms with Gasteiger partial charge in [-0.15, -0.1) is 0 Å². The fourth-order valence-electron chi connectivity index (χ4n) is 0.866. The van der Waals surface area contributed by atoms with Crippen molar-refractivity contribution in [3.63, 3.8) is 0 Å². The van der Waals surface area contributed by atoms with Crippen LogP contribution in [0.25, 0.3) is 0 Å². The predicted molar refractivity (Wildman–Crippen MR) is 38.6 cm³/mol. The van der Waals surface area contributed by atoms with Gasteiger partial charge < -0.3 is 0 Å². The van der Waals surface area contributed by atoms with Gasteiger partial charge in [-0.25, -0.2) is 1.34 Å². The van der Waals surface area contributed by atoms with Crippen molar-refractivity contribution >= 4 is 6.68 Å². The first kappa shape index (κ1) is 5.21. The molecule has 0 rings (SSSR count). The molecule has 0 radical (unpaired) electrons. The molecule has 0 atom stereocenters. The summed E-state index contributed by atoms with van der Waals surface area (Å²) in [7, 11) is 0. The summed E-state index contributed by atoms with van der Waals surface area (Å²) in [6.07, 6.45) is 3.15. The molecule has 0 aliphatic rings. The summed E-state index contributed by atoms with van der Waals surface area (Å²) < 4.78 is 7.73. The van der Waals surface area contributed by atoms with Crippen LogP contribution >= 0.6 is 0 Å². The Kier molecular flexibility index (Phi) is 3.15. The molecule has 7 heavy (non-hydrogen) atoms. The van der Waals surface area contributed by atoms with Crippen molar-refractivity contribution in [1.29, 1.82) is 1.34 Å². The van der Waals surface area contributed by atoms with E-state index < -0.39 is 6.68 Å². The second-order valence-electron chi connectivity index (χ2n) is 2.09. The van der Waals surface area contributed by atoms with Crippen molar-refractivity contribution in [2.24, 2.45) is 0 Å². The molecule has 0 amide bonds. The van der Waals surface area contributed by atoms with Gasteiger partial charge in [0, 0.05) is 0 Å². The maximum absolute atomic E-state index is 7.73. The highest BCUT2D eigenvalue weighted by molar-refractivity contribution is 6.58. The van der Waals surface area contributed by atoms with Crippen LogP contribution in [0, 0.1) is 0 Å². The third-order valence-electron chi connectivity index (χ3n) is 1.73. The van der Waals surface area contributed by atoms with E-state index in [2.05, 4.69) is 20.8 Å². The lowest BCUT2D eigenvalue weighted by Crippen LogP contribution is -2.04. The van der Waals surface area contributed by atoms with Crippen molar-refractivity contribution in [3.05, 3.63) is 0 Å². The second-order valence-corrected chi connectivity index (χ2v) is 2.09. The smallest absolute Gasteiger partial charge is 0.0170 e. The molecule has 1 heteroatoms. The van der Waals surface area contributed by atoms with E-state index in [0.29, 0.717) is 0 Å². The standard InChI is InChI=1S/C6H16B/c1-4-7(5-2)6-3/h7H,4-6H2,1-3H3/q-1/i7D. The van der Waals surface area contributed by atoms with Crippen molar-refractivity contribution < 1.29 is 0 Å². The minimum Gasteiger partial charge on any atom is -0.222 e. The quantitative estimate of drug-likeness (QED) is 0.477. The van der Waals surface area contributed by atoms with Gasteiger partial charge in [0.25, 0.3) is 0 Å². The van der Waals surface area contributed by atoms with Crippen molar-refractivity contribution in [2.45, 2.75) is 39.7 Å². The highest BCUT2D eigenvalue weighted by Gasteiger charge is 1.89. The topological polar surface area (TPSA) is 0 Å². The fraction of sp³-hybridized carbons (Fsp3) is 1.00. The first-order chi connectivity index (χ1) is 3.68. The molecule has 0 N–H and O–H groups in total. The first-order valence-corrected chi connectivity index (χ1v) is 3.35. The van der Waals surface area contributed by atoms with Crippen LogP contribution in [0.5, 0.6) is 0 Å². The molecule has 0 saturated heterocycles. The van der Waals surface area contributed by atoms with Gasteiger partial charge in [-0.3, -0.25) is 0 Å². The van der Waals surface area contributed by atoms with Gasteiger partial charge >= 0.3 is 0 Å². The van der Waals surface area contributed by atoms with Crippen LogP contribution in [0.2, 0.25) is 19.0 Å². The van der Waals surface area contributed by atoms with Crippen LogP contribution in [0.15, 0.2) is 0 Å². The zero-order chi connectivity index (χ0) is 6.62. The molecule has 0 saturated carbocycles. The van der Waals surface area contributed by atoms with Crippen LogP contribution < -0.4 is 0 Å². The van der Waals surface area contributed by atoms with Gasteiger partial charge in [0.15, 0.2) is 0 Å². The Morgan fingerprint density at radius 2 is 1.43 bits per heavy atom. The molecule has 0 aromatic carbocycles. The Bertz CT molecular complexity index is 51.3. The average Bonchev–Trinajstić information content (AvgIpc) is 1.87. The van der Waals surface area contributed by atoms with Crippen LogP contribution in [0.3, 0.4) is 0 Å². The fourth-order valence-corrected chi connectivity index (χ4v) is 0.866. The number of hydrogen-bond donors (Lipinski definition) is 0. The number of rotatable bonds is 3. The van der Waals surface area contributed by atoms with Crippen LogP contribution in [-0.2, 0) is 0 Å². The average molecular weight is 100 g/mol. The second kappa shape index (κ2) is 4.23. The Balaban J connectivity index is 3.58. The van der Waals surface area contributed by atoms with Crippen molar-refractivity contribution in [2.75, 3.05) is 0 Å². The summed E-state index contributed by atoms with van der Waals surface area (Å²) in [5, 5.41) is 0. The molecule has 0 aliphatic carbocycles. The van der Waals surface area contributed by atoms with Crippen LogP contribution in [-0.4, -0.2) is 8.01 Å². The van der Waals surface area contributed by atoms with E-state index >= 15 is 0 Å². The Labute approximate surface area is 48.7 Å². The summed E-state index contributed by atoms with van der Waals surface area (Å²) in [6.45, 7) is 5.62. The lowest BCUT2D eigenvalue weighted by molar-refractivity contribution is 1.24. The lowest BCUT2D eigenvalue weighted by Gasteiger charge is -2.11. The minimum atomic E-state index is -0.708. The molecule has 0 fully saturated rings. The monoisotopic (exact) mass is 100 g/mol.